The lowest BCUT2D eigenvalue weighted by Gasteiger charge is -2.25. The van der Waals surface area contributed by atoms with Crippen molar-refractivity contribution in [3.8, 4) is 0 Å². The fourth-order valence-electron chi connectivity index (χ4n) is 1.63. The van der Waals surface area contributed by atoms with Crippen LogP contribution in [0.4, 0.5) is 0 Å². The molecule has 0 amide bonds. The second-order valence-electron chi connectivity index (χ2n) is 6.22. The Balaban J connectivity index is 4.15. The smallest absolute Gasteiger partial charge is 0.306 e. The minimum Gasteiger partial charge on any atom is -0.460 e. The fraction of sp³-hybridized carbons (Fsp3) is 0.938. The first-order valence-electron chi connectivity index (χ1n) is 8.49. The predicted octanol–water partition coefficient (Wildman–Crippen LogP) is 4.17. The zero-order chi connectivity index (χ0) is 19.5. The van der Waals surface area contributed by atoms with Crippen LogP contribution in [0.25, 0.3) is 0 Å². The first-order valence-corrected chi connectivity index (χ1v) is 12.7. The predicted molar refractivity (Wildman–Crippen MR) is 107 cm³/mol. The van der Waals surface area contributed by atoms with Crippen LogP contribution in [0.1, 0.15) is 48.0 Å². The lowest BCUT2D eigenvalue weighted by atomic mass is 10.4. The van der Waals surface area contributed by atoms with Crippen LogP contribution in [0.15, 0.2) is 0 Å². The Morgan fingerprint density at radius 2 is 1.52 bits per heavy atom. The van der Waals surface area contributed by atoms with E-state index in [1.165, 1.54) is 11.4 Å². The van der Waals surface area contributed by atoms with Gasteiger partial charge in [0.2, 0.25) is 5.69 Å². The summed E-state index contributed by atoms with van der Waals surface area (Å²) in [5.41, 5.74) is -2.45. The maximum atomic E-state index is 11.9. The number of carbonyl (C=O) groups excluding carboxylic acids is 1. The fourth-order valence-corrected chi connectivity index (χ4v) is 7.36. The van der Waals surface area contributed by atoms with E-state index in [1.54, 1.807) is 14.0 Å². The van der Waals surface area contributed by atoms with E-state index in [9.17, 15) is 4.79 Å². The highest BCUT2D eigenvalue weighted by atomic mass is 32.9. The molecule has 0 fully saturated rings. The first kappa shape index (κ1) is 25.3. The Labute approximate surface area is 161 Å². The van der Waals surface area contributed by atoms with E-state index < -0.39 is 5.69 Å². The third kappa shape index (κ3) is 14.1. The van der Waals surface area contributed by atoms with E-state index in [0.717, 1.165) is 0 Å². The molecule has 150 valence electrons. The minimum atomic E-state index is -2.45. The largest absolute Gasteiger partial charge is 0.460 e. The van der Waals surface area contributed by atoms with Crippen LogP contribution in [-0.2, 0) is 39.9 Å². The standard InChI is InChI=1S/C16H33O6PS2/c1-12(2)21-23(24,22-13(3)4)25-9-8-16(17)20-15(6)11-19-10-14(5)18-7/h12-15H,8-11H2,1-7H3. The Kier molecular flexibility index (Phi) is 13.6. The van der Waals surface area contributed by atoms with Crippen LogP contribution in [0.2, 0.25) is 0 Å². The maximum Gasteiger partial charge on any atom is 0.306 e. The van der Waals surface area contributed by atoms with Gasteiger partial charge in [0.05, 0.1) is 37.9 Å². The van der Waals surface area contributed by atoms with E-state index in [0.29, 0.717) is 19.0 Å². The quantitative estimate of drug-likeness (QED) is 0.309. The number of methoxy groups -OCH3 is 1. The van der Waals surface area contributed by atoms with Crippen molar-refractivity contribution >= 4 is 34.9 Å². The van der Waals surface area contributed by atoms with Crippen LogP contribution in [0.3, 0.4) is 0 Å². The molecule has 0 aromatic heterocycles. The van der Waals surface area contributed by atoms with Gasteiger partial charge in [-0.1, -0.05) is 11.4 Å². The molecule has 0 bridgehead atoms. The average molecular weight is 417 g/mol. The number of ether oxygens (including phenoxy) is 3. The summed E-state index contributed by atoms with van der Waals surface area (Å²) >= 11 is 6.93. The lowest BCUT2D eigenvalue weighted by Crippen LogP contribution is -2.23. The average Bonchev–Trinajstić information content (AvgIpc) is 2.44. The van der Waals surface area contributed by atoms with E-state index in [2.05, 4.69) is 0 Å². The number of rotatable bonds is 14. The monoisotopic (exact) mass is 416 g/mol. The van der Waals surface area contributed by atoms with E-state index in [-0.39, 0.29) is 36.8 Å². The molecular weight excluding hydrogens is 383 g/mol. The van der Waals surface area contributed by atoms with Crippen molar-refractivity contribution in [3.63, 3.8) is 0 Å². The molecule has 0 rings (SSSR count). The van der Waals surface area contributed by atoms with Gasteiger partial charge in [-0.05, 0) is 53.3 Å². The molecule has 0 heterocycles. The Bertz CT molecular complexity index is 405. The van der Waals surface area contributed by atoms with Crippen molar-refractivity contribution in [2.75, 3.05) is 26.1 Å². The van der Waals surface area contributed by atoms with Gasteiger partial charge in [0.25, 0.3) is 0 Å². The number of carbonyl (C=O) groups is 1. The first-order chi connectivity index (χ1) is 11.6. The summed E-state index contributed by atoms with van der Waals surface area (Å²) in [5, 5.41) is 0. The lowest BCUT2D eigenvalue weighted by molar-refractivity contribution is -0.151. The van der Waals surface area contributed by atoms with Crippen LogP contribution < -0.4 is 0 Å². The molecule has 25 heavy (non-hydrogen) atoms. The second-order valence-corrected chi connectivity index (χ2v) is 12.6. The zero-order valence-electron chi connectivity index (χ0n) is 16.4. The van der Waals surface area contributed by atoms with Gasteiger partial charge < -0.3 is 23.3 Å². The van der Waals surface area contributed by atoms with Gasteiger partial charge in [-0.3, -0.25) is 4.79 Å². The van der Waals surface area contributed by atoms with Gasteiger partial charge in [-0.25, -0.2) is 0 Å². The second kappa shape index (κ2) is 13.5. The molecule has 6 nitrogen and oxygen atoms in total. The van der Waals surface area contributed by atoms with E-state index in [1.807, 2.05) is 34.6 Å². The molecule has 0 aliphatic heterocycles. The van der Waals surface area contributed by atoms with Gasteiger partial charge >= 0.3 is 5.97 Å². The van der Waals surface area contributed by atoms with Crippen LogP contribution in [0.5, 0.6) is 0 Å². The Morgan fingerprint density at radius 3 is 2.00 bits per heavy atom. The van der Waals surface area contributed by atoms with Gasteiger partial charge in [0.15, 0.2) is 0 Å². The van der Waals surface area contributed by atoms with Crippen molar-refractivity contribution in [1.82, 2.24) is 0 Å². The van der Waals surface area contributed by atoms with Gasteiger partial charge in [-0.15, -0.1) is 0 Å². The summed E-state index contributed by atoms with van der Waals surface area (Å²) in [6.07, 6.45) is -0.0645. The Morgan fingerprint density at radius 1 is 1.00 bits per heavy atom. The summed E-state index contributed by atoms with van der Waals surface area (Å²) in [4.78, 5) is 11.9. The minimum absolute atomic E-state index is 0.0179. The molecule has 2 atom stereocenters. The summed E-state index contributed by atoms with van der Waals surface area (Å²) < 4.78 is 27.4. The third-order valence-electron chi connectivity index (χ3n) is 2.68. The molecule has 2 unspecified atom stereocenters. The number of hydrogen-bond donors (Lipinski definition) is 0. The SMILES string of the molecule is COC(C)COCC(C)OC(=O)CCSP(=S)(OC(C)C)OC(C)C. The zero-order valence-corrected chi connectivity index (χ0v) is 18.9. The maximum absolute atomic E-state index is 11.9. The van der Waals surface area contributed by atoms with Gasteiger partial charge in [-0.2, -0.15) is 0 Å². The molecule has 0 aliphatic rings. The Hall–Kier alpha value is 0.310. The van der Waals surface area contributed by atoms with Crippen LogP contribution in [0, 0.1) is 0 Å². The highest BCUT2D eigenvalue weighted by Crippen LogP contribution is 2.62. The molecule has 0 saturated carbocycles. The highest BCUT2D eigenvalue weighted by Gasteiger charge is 2.24. The molecule has 0 aliphatic carbocycles. The molecule has 0 aromatic carbocycles. The molecule has 0 saturated heterocycles. The molecule has 0 spiro atoms. The van der Waals surface area contributed by atoms with Gasteiger partial charge in [0.1, 0.15) is 6.10 Å². The van der Waals surface area contributed by atoms with Crippen molar-refractivity contribution in [3.05, 3.63) is 0 Å². The molecule has 9 heteroatoms. The van der Waals surface area contributed by atoms with Crippen molar-refractivity contribution in [2.24, 2.45) is 0 Å². The van der Waals surface area contributed by atoms with Crippen molar-refractivity contribution in [1.29, 1.82) is 0 Å². The highest BCUT2D eigenvalue weighted by molar-refractivity contribution is 8.67. The molecule has 0 aromatic rings. The van der Waals surface area contributed by atoms with Crippen LogP contribution in [-0.4, -0.2) is 56.5 Å². The third-order valence-corrected chi connectivity index (χ3v) is 8.22. The number of esters is 1. The summed E-state index contributed by atoms with van der Waals surface area (Å²) in [5.74, 6) is 0.225. The van der Waals surface area contributed by atoms with E-state index in [4.69, 9.17) is 35.1 Å². The number of hydrogen-bond acceptors (Lipinski definition) is 8. The van der Waals surface area contributed by atoms with Gasteiger partial charge in [0, 0.05) is 12.9 Å². The van der Waals surface area contributed by atoms with E-state index >= 15 is 0 Å². The summed E-state index contributed by atoms with van der Waals surface area (Å²) in [6.45, 7) is 12.2. The summed E-state index contributed by atoms with van der Waals surface area (Å²) in [6, 6.07) is 0. The molecular formula is C16H33O6PS2. The molecule has 0 N–H and O–H groups in total. The normalized spacial score (nSPS) is 14.8. The van der Waals surface area contributed by atoms with Crippen LogP contribution >= 0.6 is 17.1 Å². The summed E-state index contributed by atoms with van der Waals surface area (Å²) in [7, 11) is 1.63. The van der Waals surface area contributed by atoms with Crippen molar-refractivity contribution in [2.45, 2.75) is 72.4 Å². The topological polar surface area (TPSA) is 63.2 Å². The van der Waals surface area contributed by atoms with Crippen molar-refractivity contribution < 1.29 is 28.1 Å². The molecule has 0 radical (unpaired) electrons.